The van der Waals surface area contributed by atoms with Crippen molar-refractivity contribution in [2.45, 2.75) is 118 Å². The fourth-order valence-electron chi connectivity index (χ4n) is 6.17. The molecule has 65 heavy (non-hydrogen) atoms. The van der Waals surface area contributed by atoms with Crippen LogP contribution in [0.2, 0.25) is 0 Å². The van der Waals surface area contributed by atoms with E-state index in [-0.39, 0.29) is 23.6 Å². The molecule has 2 aromatic heterocycles. The topological polar surface area (TPSA) is 468 Å². The van der Waals surface area contributed by atoms with Gasteiger partial charge < -0.3 is 91.3 Å². The molecule has 0 saturated carbocycles. The highest BCUT2D eigenvalue weighted by Gasteiger charge is 2.49. The summed E-state index contributed by atoms with van der Waals surface area (Å²) in [5, 5.41) is 123. The van der Waals surface area contributed by atoms with Crippen molar-refractivity contribution >= 4 is 53.4 Å². The summed E-state index contributed by atoms with van der Waals surface area (Å²) in [7, 11) is 1.35. The van der Waals surface area contributed by atoms with E-state index >= 15 is 0 Å². The number of likely N-dealkylation sites (N-methyl/N-ethyl adjacent to an activating group) is 1. The van der Waals surface area contributed by atoms with Crippen molar-refractivity contribution in [3.8, 4) is 0 Å². The molecular weight excluding hydrogens is 904 g/mol. The fraction of sp³-hybridized carbons (Fsp3) is 0.667. The summed E-state index contributed by atoms with van der Waals surface area (Å²) in [5.41, 5.74) is 0.0496. The Morgan fingerprint density at radius 2 is 1.06 bits per heavy atom. The number of nitrogens with zero attached hydrogens (tertiary/aromatic N) is 6. The molecule has 6 unspecified atom stereocenters. The Labute approximate surface area is 369 Å². The molecule has 32 heteroatoms. The van der Waals surface area contributed by atoms with Gasteiger partial charge in [-0.25, -0.2) is 23.7 Å². The van der Waals surface area contributed by atoms with Crippen molar-refractivity contribution in [3.63, 3.8) is 0 Å². The minimum atomic E-state index is -1.99. The number of carbonyl (C=O) groups excluding carboxylic acids is 3. The van der Waals surface area contributed by atoms with Crippen LogP contribution in [0.5, 0.6) is 0 Å². The van der Waals surface area contributed by atoms with E-state index in [1.807, 2.05) is 0 Å². The Morgan fingerprint density at radius 1 is 0.646 bits per heavy atom. The Kier molecular flexibility index (Phi) is 18.9. The predicted octanol–water partition coefficient (Wildman–Crippen LogP) is -8.65. The fourth-order valence-corrected chi connectivity index (χ4v) is 6.72. The van der Waals surface area contributed by atoms with Crippen molar-refractivity contribution in [1.29, 1.82) is 0 Å². The first-order valence-electron chi connectivity index (χ1n) is 19.0. The highest BCUT2D eigenvalue weighted by Crippen LogP contribution is 2.24. The van der Waals surface area contributed by atoms with E-state index in [1.165, 1.54) is 13.2 Å². The van der Waals surface area contributed by atoms with Crippen LogP contribution in [-0.4, -0.2) is 227 Å². The number of aliphatic hydroxyl groups is 6. The maximum Gasteiger partial charge on any atom is 0.335 e. The van der Waals surface area contributed by atoms with Gasteiger partial charge in [0.15, 0.2) is 24.8 Å². The van der Waals surface area contributed by atoms with Crippen molar-refractivity contribution < 1.29 is 104 Å². The van der Waals surface area contributed by atoms with Crippen molar-refractivity contribution in [2.75, 3.05) is 19.1 Å². The number of carboxylic acids is 4. The number of carbonyl (C=O) groups is 7. The second-order valence-corrected chi connectivity index (χ2v) is 15.3. The van der Waals surface area contributed by atoms with Crippen LogP contribution in [0.15, 0.2) is 12.4 Å². The zero-order chi connectivity index (χ0) is 48.3. The molecule has 2 aromatic rings. The number of aliphatic hydroxyl groups excluding tert-OH is 6. The molecule has 3 amide bonds. The van der Waals surface area contributed by atoms with Gasteiger partial charge >= 0.3 is 23.9 Å². The van der Waals surface area contributed by atoms with E-state index < -0.39 is 153 Å². The zero-order valence-corrected chi connectivity index (χ0v) is 34.9. The monoisotopic (exact) mass is 952 g/mol. The van der Waals surface area contributed by atoms with Gasteiger partial charge in [0.2, 0.25) is 17.7 Å². The van der Waals surface area contributed by atoms with Gasteiger partial charge in [0.05, 0.1) is 36.2 Å². The first-order valence-corrected chi connectivity index (χ1v) is 20.4. The maximum atomic E-state index is 13.7. The molecule has 0 aliphatic carbocycles. The summed E-state index contributed by atoms with van der Waals surface area (Å²) >= 11 is 1.07. The molecule has 0 aromatic carbocycles. The van der Waals surface area contributed by atoms with E-state index in [0.717, 1.165) is 27.3 Å². The minimum Gasteiger partial charge on any atom is -0.481 e. The Hall–Kier alpha value is -5.52. The van der Waals surface area contributed by atoms with Gasteiger partial charge in [-0.1, -0.05) is 10.4 Å². The van der Waals surface area contributed by atoms with Crippen LogP contribution in [-0.2, 0) is 78.8 Å². The van der Waals surface area contributed by atoms with Gasteiger partial charge in [0, 0.05) is 18.6 Å². The number of rotatable bonds is 24. The van der Waals surface area contributed by atoms with Gasteiger partial charge in [-0.2, -0.15) is 11.8 Å². The number of nitrogens with one attached hydrogen (secondary N) is 4. The zero-order valence-electron chi connectivity index (χ0n) is 34.0. The summed E-state index contributed by atoms with van der Waals surface area (Å²) < 4.78 is 22.7. The first-order chi connectivity index (χ1) is 30.6. The number of aromatic nitrogens is 6. The SMILES string of the molecule is CN[C@@H](Cc1cn(COC2OC(C(=O)O)C(O)[C@H](O)[C@H]2O)nn1)C(=O)N[C@@H](CC(=O)O)C(=O)N[C@@H](Cc1cn(COC2OC(C(=O)O)C(O)[C@H](O)[C@H]2O)nn1)C(=O)N[C@H](CSC)C(=O)O. The Balaban J connectivity index is 1.44. The standard InChI is InChI=1S/C33H48N10O21S/c1-34-13(3-11-6-42(40-38-11)9-61-32-22(50)18(46)20(48)24(63-32)30(57)58)26(52)36-15(5-17(44)45)28(54)35-14(27(53)37-16(8-65-2)29(55)56)4-12-7-43(41-39-12)10-62-33-23(51)19(47)21(49)25(64-33)31(59)60/h6-7,13-16,18-25,32-34,46-51H,3-5,8-10H2,1-2H3,(H,35,54)(H,36,52)(H,37,53)(H,44,45)(H,55,56)(H,57,58)(H,59,60)/t13-,14-,15-,16+,18-,19-,20?,21?,22+,23+,24?,25?,32?,33?/m0/s1. The molecular formula is C33H48N10O21S. The summed E-state index contributed by atoms with van der Waals surface area (Å²) in [6, 6.07) is -6.22. The number of amides is 3. The predicted molar refractivity (Wildman–Crippen MR) is 205 cm³/mol. The average Bonchev–Trinajstić information content (AvgIpc) is 3.91. The van der Waals surface area contributed by atoms with Crippen LogP contribution >= 0.6 is 11.8 Å². The lowest BCUT2D eigenvalue weighted by Gasteiger charge is -2.38. The molecule has 0 radical (unpaired) electrons. The third-order valence-electron chi connectivity index (χ3n) is 9.62. The Bertz CT molecular complexity index is 1990. The van der Waals surface area contributed by atoms with Crippen LogP contribution in [0.1, 0.15) is 17.8 Å². The molecule has 14 atom stereocenters. The van der Waals surface area contributed by atoms with Gasteiger partial charge in [0.1, 0.15) is 68.2 Å². The van der Waals surface area contributed by atoms with Crippen molar-refractivity contribution in [3.05, 3.63) is 23.8 Å². The van der Waals surface area contributed by atoms with Crippen LogP contribution in [0, 0.1) is 0 Å². The molecule has 4 heterocycles. The smallest absolute Gasteiger partial charge is 0.335 e. The maximum absolute atomic E-state index is 13.7. The van der Waals surface area contributed by atoms with Crippen LogP contribution in [0.25, 0.3) is 0 Å². The molecule has 14 N–H and O–H groups in total. The van der Waals surface area contributed by atoms with Crippen LogP contribution < -0.4 is 21.3 Å². The summed E-state index contributed by atoms with van der Waals surface area (Å²) in [6.45, 7) is -1.15. The molecule has 0 spiro atoms. The van der Waals surface area contributed by atoms with Gasteiger partial charge in [-0.3, -0.25) is 19.2 Å². The lowest BCUT2D eigenvalue weighted by Crippen LogP contribution is -2.60. The second kappa shape index (κ2) is 23.6. The van der Waals surface area contributed by atoms with Gasteiger partial charge in [-0.05, 0) is 13.3 Å². The summed E-state index contributed by atoms with van der Waals surface area (Å²) in [5.74, 6) is -9.61. The van der Waals surface area contributed by atoms with E-state index in [2.05, 4.69) is 41.9 Å². The average molecular weight is 953 g/mol. The quantitative estimate of drug-likeness (QED) is 0.0465. The number of ether oxygens (including phenoxy) is 4. The van der Waals surface area contributed by atoms with Gasteiger partial charge in [-0.15, -0.1) is 10.2 Å². The minimum absolute atomic E-state index is 0.0643. The molecule has 2 saturated heterocycles. The van der Waals surface area contributed by atoms with Gasteiger partial charge in [0.25, 0.3) is 0 Å². The summed E-state index contributed by atoms with van der Waals surface area (Å²) in [4.78, 5) is 87.2. The normalized spacial score (nSPS) is 27.4. The highest BCUT2D eigenvalue weighted by atomic mass is 32.2. The lowest BCUT2D eigenvalue weighted by molar-refractivity contribution is -0.302. The molecule has 31 nitrogen and oxygen atoms in total. The van der Waals surface area contributed by atoms with Crippen molar-refractivity contribution in [2.24, 2.45) is 0 Å². The molecule has 0 bridgehead atoms. The molecule has 2 aliphatic rings. The van der Waals surface area contributed by atoms with E-state index in [1.54, 1.807) is 6.26 Å². The number of hydrogen-bond donors (Lipinski definition) is 14. The highest BCUT2D eigenvalue weighted by molar-refractivity contribution is 7.98. The Morgan fingerprint density at radius 3 is 1.48 bits per heavy atom. The molecule has 2 aliphatic heterocycles. The first kappa shape index (κ1) is 52.1. The van der Waals surface area contributed by atoms with E-state index in [0.29, 0.717) is 0 Å². The molecule has 4 rings (SSSR count). The third-order valence-corrected chi connectivity index (χ3v) is 10.3. The lowest BCUT2D eigenvalue weighted by atomic mass is 9.99. The van der Waals surface area contributed by atoms with E-state index in [4.69, 9.17) is 18.9 Å². The molecule has 362 valence electrons. The largest absolute Gasteiger partial charge is 0.481 e. The molecule has 2 fully saturated rings. The number of carboxylic acid groups (broad SMARTS) is 4. The number of hydrogen-bond acceptors (Lipinski definition) is 23. The van der Waals surface area contributed by atoms with Crippen molar-refractivity contribution in [1.82, 2.24) is 51.3 Å². The number of thioether (sulfide) groups is 1. The van der Waals surface area contributed by atoms with E-state index in [9.17, 15) is 84.6 Å². The summed E-state index contributed by atoms with van der Waals surface area (Å²) in [6.07, 6.45) is -16.8. The van der Waals surface area contributed by atoms with Crippen LogP contribution in [0.4, 0.5) is 0 Å². The van der Waals surface area contributed by atoms with Crippen LogP contribution in [0.3, 0.4) is 0 Å². The third kappa shape index (κ3) is 14.0. The second-order valence-electron chi connectivity index (χ2n) is 14.4. The number of aliphatic carboxylic acids is 4.